The molecule has 0 bridgehead atoms. The number of carbonyl (C=O) groups is 1. The second-order valence-corrected chi connectivity index (χ2v) is 5.80. The molecule has 26 heavy (non-hydrogen) atoms. The van der Waals surface area contributed by atoms with E-state index in [0.29, 0.717) is 27.9 Å². The quantitative estimate of drug-likeness (QED) is 0.599. The first-order valence-corrected chi connectivity index (χ1v) is 8.26. The van der Waals surface area contributed by atoms with Crippen molar-refractivity contribution in [3.8, 4) is 17.2 Å². The van der Waals surface area contributed by atoms with Gasteiger partial charge in [-0.1, -0.05) is 29.8 Å². The van der Waals surface area contributed by atoms with Crippen LogP contribution < -0.4 is 20.1 Å². The van der Waals surface area contributed by atoms with Gasteiger partial charge in [0, 0.05) is 10.7 Å². The van der Waals surface area contributed by atoms with E-state index in [1.807, 2.05) is 30.3 Å². The Bertz CT molecular complexity index is 883. The van der Waals surface area contributed by atoms with Gasteiger partial charge in [-0.2, -0.15) is 0 Å². The summed E-state index contributed by atoms with van der Waals surface area (Å²) in [5, 5.41) is 5.97. The summed E-state index contributed by atoms with van der Waals surface area (Å²) < 4.78 is 10.9. The molecule has 0 aliphatic rings. The highest BCUT2D eigenvalue weighted by atomic mass is 35.5. The summed E-state index contributed by atoms with van der Waals surface area (Å²) in [6, 6.07) is 21.1. The first-order chi connectivity index (χ1) is 12.6. The van der Waals surface area contributed by atoms with E-state index in [1.165, 1.54) is 7.11 Å². The molecular weight excluding hydrogens is 352 g/mol. The molecule has 0 spiro atoms. The average molecular weight is 369 g/mol. The molecule has 0 aliphatic carbocycles. The highest BCUT2D eigenvalue weighted by Crippen LogP contribution is 2.28. The number of urea groups is 1. The van der Waals surface area contributed by atoms with E-state index in [1.54, 1.807) is 42.5 Å². The zero-order valence-electron chi connectivity index (χ0n) is 14.0. The lowest BCUT2D eigenvalue weighted by molar-refractivity contribution is 0.262. The van der Waals surface area contributed by atoms with Crippen LogP contribution in [0.3, 0.4) is 0 Å². The molecular formula is C20H17ClN2O3. The zero-order chi connectivity index (χ0) is 18.4. The predicted molar refractivity (Wildman–Crippen MR) is 104 cm³/mol. The molecule has 0 radical (unpaired) electrons. The number of para-hydroxylation sites is 1. The zero-order valence-corrected chi connectivity index (χ0v) is 14.8. The summed E-state index contributed by atoms with van der Waals surface area (Å²) in [4.78, 5) is 12.2. The van der Waals surface area contributed by atoms with Crippen LogP contribution in [-0.4, -0.2) is 13.1 Å². The van der Waals surface area contributed by atoms with Gasteiger partial charge in [0.25, 0.3) is 0 Å². The Morgan fingerprint density at radius 2 is 1.58 bits per heavy atom. The molecule has 0 aromatic heterocycles. The normalized spacial score (nSPS) is 10.1. The standard InChI is InChI=1S/C20H17ClN2O3/c1-25-19-12-7-14(21)13-18(19)23-20(24)22-15-8-10-17(11-9-15)26-16-5-3-2-4-6-16/h2-13H,1H3,(H2,22,23,24). The first kappa shape index (κ1) is 17.6. The number of rotatable bonds is 5. The maximum atomic E-state index is 12.2. The van der Waals surface area contributed by atoms with Crippen molar-refractivity contribution in [2.75, 3.05) is 17.7 Å². The summed E-state index contributed by atoms with van der Waals surface area (Å²) in [6.45, 7) is 0. The van der Waals surface area contributed by atoms with E-state index in [0.717, 1.165) is 5.75 Å². The lowest BCUT2D eigenvalue weighted by Crippen LogP contribution is -2.19. The molecule has 3 rings (SSSR count). The van der Waals surface area contributed by atoms with Gasteiger partial charge in [0.1, 0.15) is 17.2 Å². The van der Waals surface area contributed by atoms with Crippen molar-refractivity contribution in [3.05, 3.63) is 77.8 Å². The van der Waals surface area contributed by atoms with E-state index in [9.17, 15) is 4.79 Å². The fraction of sp³-hybridized carbons (Fsp3) is 0.0500. The van der Waals surface area contributed by atoms with Crippen LogP contribution in [0.2, 0.25) is 5.02 Å². The number of carbonyl (C=O) groups excluding carboxylic acids is 1. The molecule has 0 fully saturated rings. The Morgan fingerprint density at radius 3 is 2.27 bits per heavy atom. The van der Waals surface area contributed by atoms with Gasteiger partial charge in [-0.05, 0) is 54.6 Å². The highest BCUT2D eigenvalue weighted by molar-refractivity contribution is 6.31. The van der Waals surface area contributed by atoms with Crippen LogP contribution in [0.15, 0.2) is 72.8 Å². The van der Waals surface area contributed by atoms with Crippen molar-refractivity contribution < 1.29 is 14.3 Å². The van der Waals surface area contributed by atoms with E-state index < -0.39 is 6.03 Å². The van der Waals surface area contributed by atoms with Crippen LogP contribution in [0, 0.1) is 0 Å². The van der Waals surface area contributed by atoms with Crippen molar-refractivity contribution >= 4 is 29.0 Å². The topological polar surface area (TPSA) is 59.6 Å². The largest absolute Gasteiger partial charge is 0.495 e. The molecule has 0 heterocycles. The summed E-state index contributed by atoms with van der Waals surface area (Å²) in [7, 11) is 1.53. The Labute approximate surface area is 156 Å². The average Bonchev–Trinajstić information content (AvgIpc) is 2.64. The SMILES string of the molecule is COc1ccc(Cl)cc1NC(=O)Nc1ccc(Oc2ccccc2)cc1. The van der Waals surface area contributed by atoms with Gasteiger partial charge < -0.3 is 20.1 Å². The number of ether oxygens (including phenoxy) is 2. The molecule has 3 aromatic rings. The third kappa shape index (κ3) is 4.68. The molecule has 2 N–H and O–H groups in total. The Kier molecular flexibility index (Phi) is 5.61. The number of nitrogens with one attached hydrogen (secondary N) is 2. The van der Waals surface area contributed by atoms with Crippen molar-refractivity contribution in [2.45, 2.75) is 0 Å². The predicted octanol–water partition coefficient (Wildman–Crippen LogP) is 5.78. The molecule has 5 nitrogen and oxygen atoms in total. The van der Waals surface area contributed by atoms with Gasteiger partial charge in [0.15, 0.2) is 0 Å². The van der Waals surface area contributed by atoms with E-state index >= 15 is 0 Å². The smallest absolute Gasteiger partial charge is 0.323 e. The fourth-order valence-electron chi connectivity index (χ4n) is 2.29. The summed E-state index contributed by atoms with van der Waals surface area (Å²) >= 11 is 5.96. The molecule has 0 saturated heterocycles. The Morgan fingerprint density at radius 1 is 0.885 bits per heavy atom. The number of methoxy groups -OCH3 is 1. The number of hydrogen-bond acceptors (Lipinski definition) is 3. The highest BCUT2D eigenvalue weighted by Gasteiger charge is 2.08. The summed E-state index contributed by atoms with van der Waals surface area (Å²) in [6.07, 6.45) is 0. The van der Waals surface area contributed by atoms with Gasteiger partial charge in [0.2, 0.25) is 0 Å². The third-order valence-corrected chi connectivity index (χ3v) is 3.74. The maximum absolute atomic E-state index is 12.2. The van der Waals surface area contributed by atoms with Gasteiger partial charge in [0.05, 0.1) is 12.8 Å². The molecule has 132 valence electrons. The van der Waals surface area contributed by atoms with E-state index in [2.05, 4.69) is 10.6 Å². The molecule has 0 saturated carbocycles. The monoisotopic (exact) mass is 368 g/mol. The van der Waals surface area contributed by atoms with Gasteiger partial charge in [-0.3, -0.25) is 0 Å². The third-order valence-electron chi connectivity index (χ3n) is 3.50. The molecule has 3 aromatic carbocycles. The van der Waals surface area contributed by atoms with Gasteiger partial charge in [-0.25, -0.2) is 4.79 Å². The van der Waals surface area contributed by atoms with Crippen LogP contribution in [0.25, 0.3) is 0 Å². The second-order valence-electron chi connectivity index (χ2n) is 5.36. The van der Waals surface area contributed by atoms with Crippen molar-refractivity contribution in [1.82, 2.24) is 0 Å². The van der Waals surface area contributed by atoms with Crippen LogP contribution in [-0.2, 0) is 0 Å². The van der Waals surface area contributed by atoms with Crippen LogP contribution >= 0.6 is 11.6 Å². The number of anilines is 2. The number of amides is 2. The molecule has 6 heteroatoms. The number of halogens is 1. The molecule has 2 amide bonds. The summed E-state index contributed by atoms with van der Waals surface area (Å²) in [5.74, 6) is 1.95. The Hall–Kier alpha value is -3.18. The minimum absolute atomic E-state index is 0.401. The minimum Gasteiger partial charge on any atom is -0.495 e. The van der Waals surface area contributed by atoms with E-state index in [4.69, 9.17) is 21.1 Å². The van der Waals surface area contributed by atoms with Crippen LogP contribution in [0.1, 0.15) is 0 Å². The molecule has 0 atom stereocenters. The van der Waals surface area contributed by atoms with Crippen LogP contribution in [0.4, 0.5) is 16.2 Å². The number of benzene rings is 3. The van der Waals surface area contributed by atoms with Crippen LogP contribution in [0.5, 0.6) is 17.2 Å². The second kappa shape index (κ2) is 8.27. The van der Waals surface area contributed by atoms with Gasteiger partial charge >= 0.3 is 6.03 Å². The maximum Gasteiger partial charge on any atom is 0.323 e. The van der Waals surface area contributed by atoms with E-state index in [-0.39, 0.29) is 0 Å². The lowest BCUT2D eigenvalue weighted by Gasteiger charge is -2.12. The van der Waals surface area contributed by atoms with Crippen molar-refractivity contribution in [2.24, 2.45) is 0 Å². The minimum atomic E-state index is -0.401. The molecule has 0 unspecified atom stereocenters. The fourth-order valence-corrected chi connectivity index (χ4v) is 2.47. The van der Waals surface area contributed by atoms with Crippen molar-refractivity contribution in [1.29, 1.82) is 0 Å². The van der Waals surface area contributed by atoms with Crippen molar-refractivity contribution in [3.63, 3.8) is 0 Å². The summed E-state index contributed by atoms with van der Waals surface area (Å²) in [5.41, 5.74) is 1.12. The number of hydrogen-bond donors (Lipinski definition) is 2. The Balaban J connectivity index is 1.62. The first-order valence-electron chi connectivity index (χ1n) is 7.88. The van der Waals surface area contributed by atoms with Gasteiger partial charge in [-0.15, -0.1) is 0 Å². The molecule has 0 aliphatic heterocycles. The lowest BCUT2D eigenvalue weighted by atomic mass is 10.3.